The van der Waals surface area contributed by atoms with E-state index >= 15 is 0 Å². The van der Waals surface area contributed by atoms with E-state index < -0.39 is 0 Å². The quantitative estimate of drug-likeness (QED) is 0.380. The zero-order chi connectivity index (χ0) is 9.78. The molecule has 0 aliphatic carbocycles. The lowest BCUT2D eigenvalue weighted by Gasteiger charge is -2.04. The molecule has 0 bridgehead atoms. The molecule has 0 spiro atoms. The molecule has 0 radical (unpaired) electrons. The number of hydrogen-bond donors (Lipinski definition) is 1. The Bertz CT molecular complexity index is 81.0. The van der Waals surface area contributed by atoms with Crippen molar-refractivity contribution in [2.24, 2.45) is 0 Å². The first-order chi connectivity index (χ1) is 6.41. The molecule has 0 unspecified atom stereocenters. The van der Waals surface area contributed by atoms with Crippen molar-refractivity contribution in [2.75, 3.05) is 30.7 Å². The first-order valence-corrected chi connectivity index (χ1v) is 6.78. The lowest BCUT2D eigenvalue weighted by molar-refractivity contribution is 0.145. The van der Waals surface area contributed by atoms with Gasteiger partial charge in [0.15, 0.2) is 0 Å². The van der Waals surface area contributed by atoms with Crippen LogP contribution in [0.3, 0.4) is 0 Å². The Morgan fingerprint density at radius 2 is 1.85 bits per heavy atom. The van der Waals surface area contributed by atoms with Gasteiger partial charge in [0.2, 0.25) is 0 Å². The van der Waals surface area contributed by atoms with Gasteiger partial charge < -0.3 is 10.1 Å². The van der Waals surface area contributed by atoms with Gasteiger partial charge in [0.25, 0.3) is 0 Å². The fraction of sp³-hybridized carbons (Fsp3) is 1.00. The van der Waals surface area contributed by atoms with Gasteiger partial charge in [0, 0.05) is 13.2 Å². The number of nitrogens with one attached hydrogen (secondary N) is 1. The summed E-state index contributed by atoms with van der Waals surface area (Å²) in [6.45, 7) is 6.05. The van der Waals surface area contributed by atoms with Gasteiger partial charge >= 0.3 is 0 Å². The number of alkyl halides is 1. The van der Waals surface area contributed by atoms with E-state index in [1.54, 1.807) is 0 Å². The van der Waals surface area contributed by atoms with Crippen LogP contribution in [0.2, 0.25) is 0 Å². The molecule has 0 aromatic heterocycles. The van der Waals surface area contributed by atoms with Crippen LogP contribution in [0.15, 0.2) is 0 Å². The Morgan fingerprint density at radius 3 is 2.54 bits per heavy atom. The van der Waals surface area contributed by atoms with Crippen molar-refractivity contribution < 1.29 is 4.74 Å². The van der Waals surface area contributed by atoms with E-state index in [9.17, 15) is 0 Å². The highest BCUT2D eigenvalue weighted by Gasteiger charge is 1.89. The van der Waals surface area contributed by atoms with E-state index in [0.29, 0.717) is 0 Å². The van der Waals surface area contributed by atoms with Crippen molar-refractivity contribution in [3.63, 3.8) is 0 Å². The molecule has 0 amide bonds. The summed E-state index contributed by atoms with van der Waals surface area (Å²) < 4.78 is 6.53. The summed E-state index contributed by atoms with van der Waals surface area (Å²) in [6.07, 6.45) is 5.18. The van der Waals surface area contributed by atoms with Crippen LogP contribution in [0.25, 0.3) is 0 Å². The Morgan fingerprint density at radius 1 is 1.08 bits per heavy atom. The van der Waals surface area contributed by atoms with Gasteiger partial charge in [-0.25, -0.2) is 0 Å². The molecular formula is C10H22INO. The van der Waals surface area contributed by atoms with Gasteiger partial charge in [0.05, 0.1) is 0 Å². The SMILES string of the molecule is CCOCCCNCCCCCI. The zero-order valence-electron chi connectivity index (χ0n) is 8.65. The summed E-state index contributed by atoms with van der Waals surface area (Å²) in [5.74, 6) is 0. The van der Waals surface area contributed by atoms with Crippen molar-refractivity contribution in [2.45, 2.75) is 32.6 Å². The average molecular weight is 299 g/mol. The molecule has 0 rings (SSSR count). The van der Waals surface area contributed by atoms with E-state index in [1.807, 2.05) is 6.92 Å². The molecule has 0 aliphatic rings. The van der Waals surface area contributed by atoms with E-state index in [4.69, 9.17) is 4.74 Å². The highest BCUT2D eigenvalue weighted by molar-refractivity contribution is 14.1. The lowest BCUT2D eigenvalue weighted by Crippen LogP contribution is -2.18. The third kappa shape index (κ3) is 12.6. The third-order valence-corrected chi connectivity index (χ3v) is 2.60. The van der Waals surface area contributed by atoms with Gasteiger partial charge in [-0.2, -0.15) is 0 Å². The number of unbranched alkanes of at least 4 members (excludes halogenated alkanes) is 2. The molecule has 0 aromatic rings. The lowest BCUT2D eigenvalue weighted by atomic mass is 10.2. The number of hydrogen-bond acceptors (Lipinski definition) is 2. The van der Waals surface area contributed by atoms with Gasteiger partial charge in [0.1, 0.15) is 0 Å². The standard InChI is InChI=1S/C10H22INO/c1-2-13-10-6-9-12-8-5-3-4-7-11/h12H,2-10H2,1H3. The predicted octanol–water partition coefficient (Wildman–Crippen LogP) is 2.61. The second-order valence-electron chi connectivity index (χ2n) is 3.05. The zero-order valence-corrected chi connectivity index (χ0v) is 10.8. The summed E-state index contributed by atoms with van der Waals surface area (Å²) in [4.78, 5) is 0. The summed E-state index contributed by atoms with van der Waals surface area (Å²) in [7, 11) is 0. The summed E-state index contributed by atoms with van der Waals surface area (Å²) in [5, 5.41) is 3.42. The van der Waals surface area contributed by atoms with Gasteiger partial charge in [-0.1, -0.05) is 29.0 Å². The molecule has 0 saturated carbocycles. The van der Waals surface area contributed by atoms with Crippen molar-refractivity contribution in [3.05, 3.63) is 0 Å². The molecule has 3 heteroatoms. The van der Waals surface area contributed by atoms with Crippen molar-refractivity contribution in [1.82, 2.24) is 5.32 Å². The molecule has 0 fully saturated rings. The predicted molar refractivity (Wildman–Crippen MR) is 66.7 cm³/mol. The Kier molecular flexibility index (Phi) is 13.3. The summed E-state index contributed by atoms with van der Waals surface area (Å²) in [6, 6.07) is 0. The third-order valence-electron chi connectivity index (χ3n) is 1.83. The van der Waals surface area contributed by atoms with Crippen LogP contribution < -0.4 is 5.32 Å². The molecule has 0 aromatic carbocycles. The molecule has 13 heavy (non-hydrogen) atoms. The maximum atomic E-state index is 5.24. The van der Waals surface area contributed by atoms with E-state index in [0.717, 1.165) is 26.2 Å². The van der Waals surface area contributed by atoms with Crippen molar-refractivity contribution >= 4 is 22.6 Å². The second kappa shape index (κ2) is 12.7. The van der Waals surface area contributed by atoms with Crippen molar-refractivity contribution in [3.8, 4) is 0 Å². The minimum Gasteiger partial charge on any atom is -0.382 e. The Hall–Kier alpha value is 0.650. The second-order valence-corrected chi connectivity index (χ2v) is 4.13. The molecule has 2 nitrogen and oxygen atoms in total. The van der Waals surface area contributed by atoms with Crippen molar-refractivity contribution in [1.29, 1.82) is 0 Å². The van der Waals surface area contributed by atoms with E-state index in [1.165, 1.54) is 30.2 Å². The van der Waals surface area contributed by atoms with Crippen LogP contribution in [0.4, 0.5) is 0 Å². The van der Waals surface area contributed by atoms with Crippen LogP contribution >= 0.6 is 22.6 Å². The molecule has 0 aliphatic heterocycles. The van der Waals surface area contributed by atoms with Crippen LogP contribution in [0, 0.1) is 0 Å². The highest BCUT2D eigenvalue weighted by atomic mass is 127. The first-order valence-electron chi connectivity index (χ1n) is 5.26. The smallest absolute Gasteiger partial charge is 0.0477 e. The molecule has 80 valence electrons. The molecular weight excluding hydrogens is 277 g/mol. The number of halogens is 1. The number of ether oxygens (including phenoxy) is 1. The average Bonchev–Trinajstić information content (AvgIpc) is 2.16. The maximum Gasteiger partial charge on any atom is 0.0477 e. The fourth-order valence-electron chi connectivity index (χ4n) is 1.09. The van der Waals surface area contributed by atoms with Gasteiger partial charge in [-0.05, 0) is 43.7 Å². The van der Waals surface area contributed by atoms with E-state index in [-0.39, 0.29) is 0 Å². The Balaban J connectivity index is 2.76. The van der Waals surface area contributed by atoms with Crippen LogP contribution in [0.1, 0.15) is 32.6 Å². The molecule has 0 saturated heterocycles. The summed E-state index contributed by atoms with van der Waals surface area (Å²) >= 11 is 2.43. The molecule has 0 atom stereocenters. The highest BCUT2D eigenvalue weighted by Crippen LogP contribution is 1.97. The fourth-order valence-corrected chi connectivity index (χ4v) is 1.63. The van der Waals surface area contributed by atoms with Gasteiger partial charge in [-0.3, -0.25) is 0 Å². The van der Waals surface area contributed by atoms with E-state index in [2.05, 4.69) is 27.9 Å². The topological polar surface area (TPSA) is 21.3 Å². The minimum absolute atomic E-state index is 0.843. The first kappa shape index (κ1) is 13.7. The normalized spacial score (nSPS) is 10.6. The maximum absolute atomic E-state index is 5.24. The van der Waals surface area contributed by atoms with Crippen LogP contribution in [0.5, 0.6) is 0 Å². The Labute approximate surface area is 95.9 Å². The van der Waals surface area contributed by atoms with Gasteiger partial charge in [-0.15, -0.1) is 0 Å². The minimum atomic E-state index is 0.843. The molecule has 1 N–H and O–H groups in total. The molecule has 0 heterocycles. The number of rotatable bonds is 10. The van der Waals surface area contributed by atoms with Crippen LogP contribution in [-0.4, -0.2) is 30.7 Å². The monoisotopic (exact) mass is 299 g/mol. The summed E-state index contributed by atoms with van der Waals surface area (Å²) in [5.41, 5.74) is 0. The largest absolute Gasteiger partial charge is 0.382 e. The van der Waals surface area contributed by atoms with Crippen LogP contribution in [-0.2, 0) is 4.74 Å².